The molecule has 24 heavy (non-hydrogen) atoms. The molecule has 2 heterocycles. The van der Waals surface area contributed by atoms with Crippen LogP contribution in [0.5, 0.6) is 0 Å². The molecule has 2 amide bonds. The lowest BCUT2D eigenvalue weighted by Gasteiger charge is -2.22. The standard InChI is InChI=1S/C13H18F3N5O3/c1-12(2,3)21-10(17-6-18-21)19-11(24)20-4-7(9(22)23)8(5-20)13(14,15)16/h6-8H,4-5H2,1-3H3,(H,22,23)(H,17,18,19,24)/t7-,8-/m1/s1. The van der Waals surface area contributed by atoms with Crippen molar-refractivity contribution in [3.63, 3.8) is 0 Å². The highest BCUT2D eigenvalue weighted by Crippen LogP contribution is 2.37. The molecule has 0 aromatic carbocycles. The number of alkyl halides is 3. The molecule has 8 nitrogen and oxygen atoms in total. The quantitative estimate of drug-likeness (QED) is 0.847. The molecule has 1 fully saturated rings. The van der Waals surface area contributed by atoms with Crippen LogP contribution in [-0.2, 0) is 10.3 Å². The summed E-state index contributed by atoms with van der Waals surface area (Å²) in [5.41, 5.74) is -0.498. The lowest BCUT2D eigenvalue weighted by atomic mass is 9.96. The molecular weight excluding hydrogens is 331 g/mol. The van der Waals surface area contributed by atoms with Gasteiger partial charge in [-0.3, -0.25) is 10.1 Å². The van der Waals surface area contributed by atoms with Gasteiger partial charge in [-0.25, -0.2) is 9.48 Å². The van der Waals surface area contributed by atoms with Crippen molar-refractivity contribution in [2.24, 2.45) is 11.8 Å². The fourth-order valence-electron chi connectivity index (χ4n) is 2.54. The number of urea groups is 1. The Bertz CT molecular complexity index is 638. The Morgan fingerprint density at radius 2 is 1.92 bits per heavy atom. The van der Waals surface area contributed by atoms with E-state index in [9.17, 15) is 22.8 Å². The second kappa shape index (κ2) is 5.95. The molecule has 0 aliphatic carbocycles. The lowest BCUT2D eigenvalue weighted by molar-refractivity contribution is -0.187. The first kappa shape index (κ1) is 18.0. The van der Waals surface area contributed by atoms with Crippen molar-refractivity contribution in [2.75, 3.05) is 18.4 Å². The summed E-state index contributed by atoms with van der Waals surface area (Å²) in [7, 11) is 0. The molecule has 1 aromatic heterocycles. The van der Waals surface area contributed by atoms with Gasteiger partial charge in [0.25, 0.3) is 0 Å². The summed E-state index contributed by atoms with van der Waals surface area (Å²) in [4.78, 5) is 28.0. The molecule has 1 aliphatic heterocycles. The summed E-state index contributed by atoms with van der Waals surface area (Å²) in [6, 6.07) is -0.841. The summed E-state index contributed by atoms with van der Waals surface area (Å²) < 4.78 is 40.3. The number of anilines is 1. The van der Waals surface area contributed by atoms with Crippen LogP contribution in [-0.4, -0.2) is 56.0 Å². The molecule has 2 rings (SSSR count). The minimum atomic E-state index is -4.69. The molecule has 1 aromatic rings. The maximum Gasteiger partial charge on any atom is 0.394 e. The Balaban J connectivity index is 2.14. The van der Waals surface area contributed by atoms with Crippen molar-refractivity contribution in [3.8, 4) is 0 Å². The third-order valence-corrected chi connectivity index (χ3v) is 3.75. The molecule has 0 saturated carbocycles. The van der Waals surface area contributed by atoms with Gasteiger partial charge in [0.15, 0.2) is 0 Å². The molecule has 0 radical (unpaired) electrons. The summed E-state index contributed by atoms with van der Waals surface area (Å²) in [6.45, 7) is 4.21. The second-order valence-corrected chi connectivity index (χ2v) is 6.59. The van der Waals surface area contributed by atoms with Crippen LogP contribution >= 0.6 is 0 Å². The molecule has 1 saturated heterocycles. The number of likely N-dealkylation sites (tertiary alicyclic amines) is 1. The van der Waals surface area contributed by atoms with Gasteiger partial charge in [-0.15, -0.1) is 0 Å². The Labute approximate surface area is 135 Å². The second-order valence-electron chi connectivity index (χ2n) is 6.59. The van der Waals surface area contributed by atoms with E-state index in [1.165, 1.54) is 11.0 Å². The number of nitrogens with one attached hydrogen (secondary N) is 1. The summed E-state index contributed by atoms with van der Waals surface area (Å²) in [5.74, 6) is -5.28. The Hall–Kier alpha value is -2.33. The predicted octanol–water partition coefficient (Wildman–Crippen LogP) is 1.76. The van der Waals surface area contributed by atoms with Crippen LogP contribution in [0.2, 0.25) is 0 Å². The van der Waals surface area contributed by atoms with E-state index in [1.54, 1.807) is 0 Å². The van der Waals surface area contributed by atoms with E-state index in [1.807, 2.05) is 20.8 Å². The first-order chi connectivity index (χ1) is 10.9. The number of hydrogen-bond acceptors (Lipinski definition) is 4. The van der Waals surface area contributed by atoms with Gasteiger partial charge < -0.3 is 10.0 Å². The van der Waals surface area contributed by atoms with Crippen LogP contribution in [0.1, 0.15) is 20.8 Å². The van der Waals surface area contributed by atoms with Crippen molar-refractivity contribution >= 4 is 17.9 Å². The number of aromatic nitrogens is 3. The monoisotopic (exact) mass is 349 g/mol. The number of aliphatic carboxylic acids is 1. The van der Waals surface area contributed by atoms with Gasteiger partial charge in [0.05, 0.1) is 17.4 Å². The van der Waals surface area contributed by atoms with Crippen molar-refractivity contribution in [1.82, 2.24) is 19.7 Å². The molecular formula is C13H18F3N5O3. The Kier molecular flexibility index (Phi) is 4.46. The third kappa shape index (κ3) is 3.60. The Morgan fingerprint density at radius 1 is 1.29 bits per heavy atom. The number of carbonyl (C=O) groups is 2. The van der Waals surface area contributed by atoms with Gasteiger partial charge in [-0.1, -0.05) is 0 Å². The maximum atomic E-state index is 13.0. The number of carbonyl (C=O) groups excluding carboxylic acids is 1. The average molecular weight is 349 g/mol. The normalized spacial score (nSPS) is 21.8. The van der Waals surface area contributed by atoms with E-state index in [-0.39, 0.29) is 5.95 Å². The van der Waals surface area contributed by atoms with Crippen LogP contribution in [0.3, 0.4) is 0 Å². The molecule has 134 valence electrons. The lowest BCUT2D eigenvalue weighted by Crippen LogP contribution is -2.36. The first-order valence-electron chi connectivity index (χ1n) is 7.17. The SMILES string of the molecule is CC(C)(C)n1ncnc1NC(=O)N1C[C@@H](C(F)(F)F)[C@H](C(=O)O)C1. The maximum absolute atomic E-state index is 13.0. The van der Waals surface area contributed by atoms with Crippen LogP contribution in [0.25, 0.3) is 0 Å². The van der Waals surface area contributed by atoms with Crippen molar-refractivity contribution in [2.45, 2.75) is 32.5 Å². The van der Waals surface area contributed by atoms with Gasteiger partial charge in [-0.05, 0) is 20.8 Å². The van der Waals surface area contributed by atoms with Crippen LogP contribution < -0.4 is 5.32 Å². The molecule has 0 bridgehead atoms. The molecule has 0 spiro atoms. The number of rotatable bonds is 2. The number of hydrogen-bond donors (Lipinski definition) is 2. The zero-order chi connectivity index (χ0) is 18.3. The topological polar surface area (TPSA) is 100 Å². The average Bonchev–Trinajstić information content (AvgIpc) is 3.02. The molecule has 2 N–H and O–H groups in total. The van der Waals surface area contributed by atoms with Crippen LogP contribution in [0.15, 0.2) is 6.33 Å². The van der Waals surface area contributed by atoms with Crippen LogP contribution in [0.4, 0.5) is 23.9 Å². The molecule has 1 aliphatic rings. The van der Waals surface area contributed by atoms with E-state index < -0.39 is 48.6 Å². The first-order valence-corrected chi connectivity index (χ1v) is 7.17. The minimum absolute atomic E-state index is 0.0785. The highest BCUT2D eigenvalue weighted by atomic mass is 19.4. The molecule has 11 heteroatoms. The van der Waals surface area contributed by atoms with E-state index in [2.05, 4.69) is 15.4 Å². The summed E-state index contributed by atoms with van der Waals surface area (Å²) >= 11 is 0. The van der Waals surface area contributed by atoms with E-state index in [4.69, 9.17) is 5.11 Å². The Morgan fingerprint density at radius 3 is 2.38 bits per heavy atom. The fraction of sp³-hybridized carbons (Fsp3) is 0.692. The van der Waals surface area contributed by atoms with E-state index in [0.29, 0.717) is 0 Å². The van der Waals surface area contributed by atoms with Gasteiger partial charge in [0.1, 0.15) is 6.33 Å². The minimum Gasteiger partial charge on any atom is -0.481 e. The van der Waals surface area contributed by atoms with Gasteiger partial charge in [0.2, 0.25) is 5.95 Å². The van der Waals surface area contributed by atoms with Crippen molar-refractivity contribution in [1.29, 1.82) is 0 Å². The van der Waals surface area contributed by atoms with Gasteiger partial charge in [0, 0.05) is 13.1 Å². The smallest absolute Gasteiger partial charge is 0.394 e. The number of carboxylic acids is 1. The zero-order valence-electron chi connectivity index (χ0n) is 13.3. The fourth-order valence-corrected chi connectivity index (χ4v) is 2.54. The number of amides is 2. The number of halogens is 3. The number of carboxylic acid groups (broad SMARTS) is 1. The van der Waals surface area contributed by atoms with E-state index in [0.717, 1.165) is 4.90 Å². The van der Waals surface area contributed by atoms with Crippen molar-refractivity contribution < 1.29 is 27.9 Å². The highest BCUT2D eigenvalue weighted by Gasteiger charge is 2.53. The summed E-state index contributed by atoms with van der Waals surface area (Å²) in [5, 5.41) is 15.3. The largest absolute Gasteiger partial charge is 0.481 e. The van der Waals surface area contributed by atoms with Crippen molar-refractivity contribution in [3.05, 3.63) is 6.33 Å². The van der Waals surface area contributed by atoms with Gasteiger partial charge >= 0.3 is 18.2 Å². The zero-order valence-corrected chi connectivity index (χ0v) is 13.3. The molecule has 2 atom stereocenters. The predicted molar refractivity (Wildman–Crippen MR) is 76.3 cm³/mol. The van der Waals surface area contributed by atoms with Gasteiger partial charge in [-0.2, -0.15) is 23.3 Å². The van der Waals surface area contributed by atoms with Crippen LogP contribution in [0, 0.1) is 11.8 Å². The molecule has 0 unspecified atom stereocenters. The van der Waals surface area contributed by atoms with E-state index >= 15 is 0 Å². The summed E-state index contributed by atoms with van der Waals surface area (Å²) in [6.07, 6.45) is -3.48. The third-order valence-electron chi connectivity index (χ3n) is 3.75. The highest BCUT2D eigenvalue weighted by molar-refractivity contribution is 5.88. The number of nitrogens with zero attached hydrogens (tertiary/aromatic N) is 4.